The quantitative estimate of drug-likeness (QED) is 0.908. The lowest BCUT2D eigenvalue weighted by Gasteiger charge is -2.15. The van der Waals surface area contributed by atoms with E-state index in [0.29, 0.717) is 17.1 Å². The van der Waals surface area contributed by atoms with Gasteiger partial charge in [-0.15, -0.1) is 0 Å². The lowest BCUT2D eigenvalue weighted by atomic mass is 10.1. The molecule has 1 atom stereocenters. The molecular weight excluding hydrogens is 274 g/mol. The molecule has 0 fully saturated rings. The summed E-state index contributed by atoms with van der Waals surface area (Å²) in [5, 5.41) is 4.16. The number of benzene rings is 1. The summed E-state index contributed by atoms with van der Waals surface area (Å²) in [5.41, 5.74) is 8.21. The largest absolute Gasteiger partial charge is 0.323 e. The molecule has 0 aliphatic carbocycles. The Morgan fingerprint density at radius 2 is 2.30 bits per heavy atom. The van der Waals surface area contributed by atoms with Gasteiger partial charge in [0.05, 0.1) is 22.3 Å². The molecule has 1 aromatic carbocycles. The van der Waals surface area contributed by atoms with Gasteiger partial charge in [0.2, 0.25) is 5.91 Å². The van der Waals surface area contributed by atoms with E-state index in [1.54, 1.807) is 12.3 Å². The number of halogens is 1. The maximum atomic E-state index is 12.1. The number of aryl methyl sites for hydroxylation is 1. The van der Waals surface area contributed by atoms with Crippen molar-refractivity contribution in [3.05, 3.63) is 35.0 Å². The third kappa shape index (κ3) is 2.92. The van der Waals surface area contributed by atoms with Gasteiger partial charge in [-0.25, -0.2) is 0 Å². The molecular formula is C15H18ClN3O. The number of nitrogens with zero attached hydrogens (tertiary/aromatic N) is 1. The fourth-order valence-corrected chi connectivity index (χ4v) is 2.48. The van der Waals surface area contributed by atoms with Gasteiger partial charge in [0.25, 0.3) is 0 Å². The van der Waals surface area contributed by atoms with Gasteiger partial charge in [-0.05, 0) is 37.1 Å². The summed E-state index contributed by atoms with van der Waals surface area (Å²) >= 11 is 6.25. The van der Waals surface area contributed by atoms with E-state index >= 15 is 0 Å². The second kappa shape index (κ2) is 6.20. The molecule has 0 saturated carbocycles. The molecule has 0 aliphatic rings. The van der Waals surface area contributed by atoms with Crippen molar-refractivity contribution in [1.82, 2.24) is 4.98 Å². The van der Waals surface area contributed by atoms with E-state index in [9.17, 15) is 4.79 Å². The monoisotopic (exact) mass is 291 g/mol. The molecule has 4 nitrogen and oxygen atoms in total. The molecule has 2 aromatic rings. The Kier molecular flexibility index (Phi) is 4.57. The van der Waals surface area contributed by atoms with E-state index in [4.69, 9.17) is 17.3 Å². The number of aromatic nitrogens is 1. The summed E-state index contributed by atoms with van der Waals surface area (Å²) in [6.07, 6.45) is 3.22. The van der Waals surface area contributed by atoms with Crippen LogP contribution in [0.2, 0.25) is 5.02 Å². The number of pyridine rings is 1. The summed E-state index contributed by atoms with van der Waals surface area (Å²) in [5.74, 6) is -0.220. The summed E-state index contributed by atoms with van der Waals surface area (Å²) in [4.78, 5) is 16.4. The highest BCUT2D eigenvalue weighted by Gasteiger charge is 2.16. The van der Waals surface area contributed by atoms with Crippen molar-refractivity contribution in [3.63, 3.8) is 0 Å². The van der Waals surface area contributed by atoms with E-state index in [1.165, 1.54) is 0 Å². The Morgan fingerprint density at radius 3 is 3.00 bits per heavy atom. The summed E-state index contributed by atoms with van der Waals surface area (Å²) in [6.45, 7) is 3.93. The van der Waals surface area contributed by atoms with Crippen LogP contribution >= 0.6 is 11.6 Å². The Balaban J connectivity index is 2.42. The molecule has 0 aliphatic heterocycles. The number of nitrogens with two attached hydrogens (primary N) is 1. The van der Waals surface area contributed by atoms with Crippen molar-refractivity contribution in [2.45, 2.75) is 32.7 Å². The zero-order valence-corrected chi connectivity index (χ0v) is 12.4. The zero-order chi connectivity index (χ0) is 14.7. The van der Waals surface area contributed by atoms with Crippen LogP contribution in [0.3, 0.4) is 0 Å². The average molecular weight is 292 g/mol. The minimum absolute atomic E-state index is 0.220. The van der Waals surface area contributed by atoms with Crippen LogP contribution in [0.1, 0.15) is 25.3 Å². The van der Waals surface area contributed by atoms with Gasteiger partial charge in [-0.2, -0.15) is 0 Å². The van der Waals surface area contributed by atoms with Crippen LogP contribution in [0.5, 0.6) is 0 Å². The van der Waals surface area contributed by atoms with Crippen molar-refractivity contribution >= 4 is 34.1 Å². The van der Waals surface area contributed by atoms with Gasteiger partial charge in [0, 0.05) is 11.6 Å². The lowest BCUT2D eigenvalue weighted by molar-refractivity contribution is -0.117. The number of anilines is 1. The number of hydrogen-bond acceptors (Lipinski definition) is 3. The van der Waals surface area contributed by atoms with E-state index in [0.717, 1.165) is 22.9 Å². The molecule has 0 radical (unpaired) electrons. The highest BCUT2D eigenvalue weighted by molar-refractivity contribution is 6.35. The minimum atomic E-state index is -0.524. The number of carbonyl (C=O) groups excluding carboxylic acids is 1. The highest BCUT2D eigenvalue weighted by Crippen LogP contribution is 2.32. The van der Waals surface area contributed by atoms with Crippen molar-refractivity contribution in [3.8, 4) is 0 Å². The Bertz CT molecular complexity index is 642. The predicted molar refractivity (Wildman–Crippen MR) is 83.0 cm³/mol. The van der Waals surface area contributed by atoms with Crippen molar-refractivity contribution in [2.75, 3.05) is 5.32 Å². The Morgan fingerprint density at radius 1 is 1.55 bits per heavy atom. The summed E-state index contributed by atoms with van der Waals surface area (Å²) < 4.78 is 0. The fourth-order valence-electron chi connectivity index (χ4n) is 2.17. The molecule has 0 saturated heterocycles. The first kappa shape index (κ1) is 14.8. The molecule has 1 heterocycles. The summed E-state index contributed by atoms with van der Waals surface area (Å²) in [7, 11) is 0. The third-order valence-electron chi connectivity index (χ3n) is 3.22. The molecule has 0 spiro atoms. The predicted octanol–water partition coefficient (Wildman–Crippen LogP) is 3.26. The fraction of sp³-hybridized carbons (Fsp3) is 0.333. The number of amides is 1. The van der Waals surface area contributed by atoms with Crippen LogP contribution in [0.25, 0.3) is 10.9 Å². The third-order valence-corrected chi connectivity index (χ3v) is 3.52. The van der Waals surface area contributed by atoms with Crippen LogP contribution in [0.4, 0.5) is 5.69 Å². The Labute approximate surface area is 123 Å². The van der Waals surface area contributed by atoms with Crippen LogP contribution in [-0.4, -0.2) is 16.9 Å². The topological polar surface area (TPSA) is 68.0 Å². The molecule has 0 bridgehead atoms. The number of nitrogens with one attached hydrogen (secondary N) is 1. The first-order chi connectivity index (χ1) is 9.54. The van der Waals surface area contributed by atoms with Crippen LogP contribution in [-0.2, 0) is 4.79 Å². The maximum absolute atomic E-state index is 12.1. The second-order valence-electron chi connectivity index (χ2n) is 4.83. The van der Waals surface area contributed by atoms with E-state index in [-0.39, 0.29) is 5.91 Å². The van der Waals surface area contributed by atoms with Gasteiger partial charge in [0.15, 0.2) is 0 Å². The minimum Gasteiger partial charge on any atom is -0.323 e. The van der Waals surface area contributed by atoms with E-state index < -0.39 is 6.04 Å². The first-order valence-corrected chi connectivity index (χ1v) is 7.02. The molecule has 5 heteroatoms. The number of fused-ring (bicyclic) bond motifs is 1. The molecule has 0 unspecified atom stereocenters. The second-order valence-corrected chi connectivity index (χ2v) is 5.24. The Hall–Kier alpha value is -1.65. The maximum Gasteiger partial charge on any atom is 0.241 e. The zero-order valence-electron chi connectivity index (χ0n) is 11.6. The van der Waals surface area contributed by atoms with Gasteiger partial charge in [-0.3, -0.25) is 9.78 Å². The normalized spacial score (nSPS) is 12.4. The van der Waals surface area contributed by atoms with Crippen molar-refractivity contribution < 1.29 is 4.79 Å². The van der Waals surface area contributed by atoms with Crippen LogP contribution in [0, 0.1) is 6.92 Å². The number of hydrogen-bond donors (Lipinski definition) is 2. The standard InChI is InChI=1S/C15H18ClN3O/c1-3-5-12(17)15(20)19-14-10-6-4-7-18-13(10)9(2)8-11(14)16/h4,6-8,12H,3,5,17H2,1-2H3,(H,19,20)/t12-/m0/s1. The van der Waals surface area contributed by atoms with Crippen molar-refractivity contribution in [2.24, 2.45) is 5.73 Å². The SMILES string of the molecule is CCC[C@H](N)C(=O)Nc1c(Cl)cc(C)c2ncccc12. The summed E-state index contributed by atoms with van der Waals surface area (Å²) in [6, 6.07) is 4.99. The molecule has 106 valence electrons. The van der Waals surface area contributed by atoms with Crippen LogP contribution in [0.15, 0.2) is 24.4 Å². The average Bonchev–Trinajstić information content (AvgIpc) is 2.43. The van der Waals surface area contributed by atoms with E-state index in [2.05, 4.69) is 10.3 Å². The molecule has 3 N–H and O–H groups in total. The van der Waals surface area contributed by atoms with Gasteiger partial charge < -0.3 is 11.1 Å². The van der Waals surface area contributed by atoms with Gasteiger partial charge in [0.1, 0.15) is 0 Å². The van der Waals surface area contributed by atoms with Gasteiger partial charge in [-0.1, -0.05) is 24.9 Å². The van der Waals surface area contributed by atoms with Gasteiger partial charge >= 0.3 is 0 Å². The number of carbonyl (C=O) groups is 1. The highest BCUT2D eigenvalue weighted by atomic mass is 35.5. The first-order valence-electron chi connectivity index (χ1n) is 6.64. The molecule has 20 heavy (non-hydrogen) atoms. The smallest absolute Gasteiger partial charge is 0.241 e. The van der Waals surface area contributed by atoms with Crippen LogP contribution < -0.4 is 11.1 Å². The van der Waals surface area contributed by atoms with Crippen molar-refractivity contribution in [1.29, 1.82) is 0 Å². The molecule has 2 rings (SSSR count). The van der Waals surface area contributed by atoms with E-state index in [1.807, 2.05) is 26.0 Å². The molecule has 1 amide bonds. The lowest BCUT2D eigenvalue weighted by Crippen LogP contribution is -2.35. The molecule has 1 aromatic heterocycles. The number of rotatable bonds is 4.